The number of aromatic nitrogens is 2. The lowest BCUT2D eigenvalue weighted by molar-refractivity contribution is 0.627. The highest BCUT2D eigenvalue weighted by molar-refractivity contribution is 9.10. The fourth-order valence-corrected chi connectivity index (χ4v) is 3.99. The number of nitrogens with zero attached hydrogens (tertiary/aromatic N) is 2. The van der Waals surface area contributed by atoms with Crippen LogP contribution in [0.1, 0.15) is 25.2 Å². The maximum atomic E-state index is 6.00. The third-order valence-electron chi connectivity index (χ3n) is 2.87. The number of hydrogen-bond acceptors (Lipinski definition) is 2. The molecular formula is C14H16BrClN2S. The van der Waals surface area contributed by atoms with E-state index in [1.54, 1.807) is 11.8 Å². The van der Waals surface area contributed by atoms with Crippen molar-refractivity contribution in [3.05, 3.63) is 45.1 Å². The first-order valence-corrected chi connectivity index (χ1v) is 8.43. The standard InChI is InChI=1S/C14H16BrClN2S/c1-3-12-14(15)13(18(4-2)17-12)9-19-11-7-5-6-10(16)8-11/h5-8H,3-4,9H2,1-2H3. The fourth-order valence-electron chi connectivity index (χ4n) is 1.86. The van der Waals surface area contributed by atoms with Crippen LogP contribution in [-0.2, 0) is 18.7 Å². The fraction of sp³-hybridized carbons (Fsp3) is 0.357. The average molecular weight is 360 g/mol. The minimum absolute atomic E-state index is 0.780. The predicted molar refractivity (Wildman–Crippen MR) is 86.0 cm³/mol. The van der Waals surface area contributed by atoms with Crippen LogP contribution in [0.3, 0.4) is 0 Å². The zero-order valence-corrected chi connectivity index (χ0v) is 14.1. The Morgan fingerprint density at radius 2 is 2.16 bits per heavy atom. The van der Waals surface area contributed by atoms with Gasteiger partial charge in [0.25, 0.3) is 0 Å². The highest BCUT2D eigenvalue weighted by atomic mass is 79.9. The molecule has 0 aliphatic rings. The van der Waals surface area contributed by atoms with Gasteiger partial charge in [0.1, 0.15) is 0 Å². The summed E-state index contributed by atoms with van der Waals surface area (Å²) in [6.07, 6.45) is 0.947. The number of hydrogen-bond donors (Lipinski definition) is 0. The molecule has 5 heteroatoms. The van der Waals surface area contributed by atoms with Crippen LogP contribution in [0.25, 0.3) is 0 Å². The molecule has 0 saturated carbocycles. The van der Waals surface area contributed by atoms with Crippen molar-refractivity contribution in [1.29, 1.82) is 0 Å². The molecule has 0 fully saturated rings. The van der Waals surface area contributed by atoms with Gasteiger partial charge in [-0.3, -0.25) is 4.68 Å². The molecule has 1 aromatic carbocycles. The summed E-state index contributed by atoms with van der Waals surface area (Å²) in [5.41, 5.74) is 2.37. The van der Waals surface area contributed by atoms with E-state index in [2.05, 4.69) is 45.6 Å². The second kappa shape index (κ2) is 6.82. The lowest BCUT2D eigenvalue weighted by Gasteiger charge is -2.05. The zero-order valence-electron chi connectivity index (χ0n) is 11.0. The number of thioether (sulfide) groups is 1. The number of aryl methyl sites for hydroxylation is 2. The van der Waals surface area contributed by atoms with Crippen LogP contribution >= 0.6 is 39.3 Å². The summed E-state index contributed by atoms with van der Waals surface area (Å²) in [7, 11) is 0. The van der Waals surface area contributed by atoms with Crippen molar-refractivity contribution in [3.63, 3.8) is 0 Å². The molecule has 19 heavy (non-hydrogen) atoms. The second-order valence-electron chi connectivity index (χ2n) is 4.12. The molecule has 1 heterocycles. The average Bonchev–Trinajstić information content (AvgIpc) is 2.72. The van der Waals surface area contributed by atoms with Crippen LogP contribution < -0.4 is 0 Å². The maximum absolute atomic E-state index is 6.00. The van der Waals surface area contributed by atoms with Gasteiger partial charge in [-0.25, -0.2) is 0 Å². The van der Waals surface area contributed by atoms with Crippen LogP contribution in [0.5, 0.6) is 0 Å². The lowest BCUT2D eigenvalue weighted by Crippen LogP contribution is -2.01. The number of rotatable bonds is 5. The SMILES string of the molecule is CCc1nn(CC)c(CSc2cccc(Cl)c2)c1Br. The summed E-state index contributed by atoms with van der Waals surface area (Å²) in [6, 6.07) is 7.95. The van der Waals surface area contributed by atoms with Crippen molar-refractivity contribution in [2.45, 2.75) is 37.5 Å². The van der Waals surface area contributed by atoms with Gasteiger partial charge >= 0.3 is 0 Å². The molecule has 0 aliphatic carbocycles. The molecule has 102 valence electrons. The molecule has 2 nitrogen and oxygen atoms in total. The van der Waals surface area contributed by atoms with Crippen molar-refractivity contribution in [2.24, 2.45) is 0 Å². The molecule has 0 radical (unpaired) electrons. The molecule has 1 aromatic heterocycles. The highest BCUT2D eigenvalue weighted by Crippen LogP contribution is 2.30. The Kier molecular flexibility index (Phi) is 5.37. The van der Waals surface area contributed by atoms with Crippen molar-refractivity contribution < 1.29 is 0 Å². The first-order chi connectivity index (χ1) is 9.15. The molecule has 0 spiro atoms. The number of halogens is 2. The van der Waals surface area contributed by atoms with Crippen molar-refractivity contribution in [2.75, 3.05) is 0 Å². The summed E-state index contributed by atoms with van der Waals surface area (Å²) < 4.78 is 3.21. The van der Waals surface area contributed by atoms with E-state index >= 15 is 0 Å². The Morgan fingerprint density at radius 3 is 2.79 bits per heavy atom. The van der Waals surface area contributed by atoms with Crippen LogP contribution in [0.15, 0.2) is 33.6 Å². The van der Waals surface area contributed by atoms with E-state index < -0.39 is 0 Å². The van der Waals surface area contributed by atoms with Gasteiger partial charge in [0.05, 0.1) is 15.9 Å². The first kappa shape index (κ1) is 14.9. The summed E-state index contributed by atoms with van der Waals surface area (Å²) in [5.74, 6) is 0.891. The molecule has 0 saturated heterocycles. The summed E-state index contributed by atoms with van der Waals surface area (Å²) in [5, 5.41) is 5.39. The molecule has 0 N–H and O–H groups in total. The Balaban J connectivity index is 2.17. The van der Waals surface area contributed by atoms with Gasteiger partial charge in [0, 0.05) is 22.2 Å². The van der Waals surface area contributed by atoms with Gasteiger partial charge in [-0.15, -0.1) is 11.8 Å². The minimum Gasteiger partial charge on any atom is -0.268 e. The molecule has 0 aliphatic heterocycles. The third kappa shape index (κ3) is 3.56. The van der Waals surface area contributed by atoms with Crippen LogP contribution in [0.4, 0.5) is 0 Å². The van der Waals surface area contributed by atoms with Gasteiger partial charge in [-0.1, -0.05) is 24.6 Å². The third-order valence-corrected chi connectivity index (χ3v) is 5.02. The predicted octanol–water partition coefficient (Wildman–Crippen LogP) is 5.17. The molecule has 0 amide bonds. The van der Waals surface area contributed by atoms with E-state index in [1.165, 1.54) is 10.6 Å². The van der Waals surface area contributed by atoms with E-state index in [1.807, 2.05) is 18.2 Å². The van der Waals surface area contributed by atoms with E-state index in [0.717, 1.165) is 33.9 Å². The Morgan fingerprint density at radius 1 is 1.37 bits per heavy atom. The summed E-state index contributed by atoms with van der Waals surface area (Å²) in [6.45, 7) is 5.14. The van der Waals surface area contributed by atoms with Crippen LogP contribution in [-0.4, -0.2) is 9.78 Å². The second-order valence-corrected chi connectivity index (χ2v) is 6.40. The molecule has 0 atom stereocenters. The van der Waals surface area contributed by atoms with E-state index in [0.29, 0.717) is 0 Å². The van der Waals surface area contributed by atoms with Crippen LogP contribution in [0.2, 0.25) is 5.02 Å². The molecule has 2 aromatic rings. The Labute approximate surface area is 131 Å². The van der Waals surface area contributed by atoms with Gasteiger partial charge < -0.3 is 0 Å². The van der Waals surface area contributed by atoms with Crippen molar-refractivity contribution >= 4 is 39.3 Å². The van der Waals surface area contributed by atoms with Crippen LogP contribution in [0, 0.1) is 0 Å². The summed E-state index contributed by atoms with van der Waals surface area (Å²) >= 11 is 11.5. The lowest BCUT2D eigenvalue weighted by atomic mass is 10.3. The first-order valence-electron chi connectivity index (χ1n) is 6.28. The van der Waals surface area contributed by atoms with E-state index in [9.17, 15) is 0 Å². The van der Waals surface area contributed by atoms with Gasteiger partial charge in [-0.05, 0) is 47.5 Å². The van der Waals surface area contributed by atoms with Gasteiger partial charge in [0.15, 0.2) is 0 Å². The molecule has 0 bridgehead atoms. The zero-order chi connectivity index (χ0) is 13.8. The van der Waals surface area contributed by atoms with E-state index in [4.69, 9.17) is 11.6 Å². The maximum Gasteiger partial charge on any atom is 0.0767 e. The normalized spacial score (nSPS) is 10.9. The highest BCUT2D eigenvalue weighted by Gasteiger charge is 2.13. The van der Waals surface area contributed by atoms with Gasteiger partial charge in [0.2, 0.25) is 0 Å². The monoisotopic (exact) mass is 358 g/mol. The quantitative estimate of drug-likeness (QED) is 0.685. The molecule has 0 unspecified atom stereocenters. The van der Waals surface area contributed by atoms with Crippen molar-refractivity contribution in [3.8, 4) is 0 Å². The number of benzene rings is 1. The Hall–Kier alpha value is -0.450. The topological polar surface area (TPSA) is 17.8 Å². The smallest absolute Gasteiger partial charge is 0.0767 e. The Bertz CT molecular complexity index is 569. The molecule has 2 rings (SSSR count). The van der Waals surface area contributed by atoms with Crippen molar-refractivity contribution in [1.82, 2.24) is 9.78 Å². The molecular weight excluding hydrogens is 344 g/mol. The summed E-state index contributed by atoms with van der Waals surface area (Å²) in [4.78, 5) is 1.18. The minimum atomic E-state index is 0.780. The van der Waals surface area contributed by atoms with E-state index in [-0.39, 0.29) is 0 Å². The van der Waals surface area contributed by atoms with Gasteiger partial charge in [-0.2, -0.15) is 5.10 Å². The largest absolute Gasteiger partial charge is 0.268 e.